The van der Waals surface area contributed by atoms with E-state index in [9.17, 15) is 14.3 Å². The standard InChI is InChI=1S/C16H20ClFO3/c1-10(2)15(8-9-15)16(17,14(20)21-3)13(19)11-4-6-12(18)7-5-11/h4-7,10,13,19H,8-9H2,1-3H3/t13-,16+/m1/s1. The molecule has 116 valence electrons. The van der Waals surface area contributed by atoms with Crippen molar-refractivity contribution in [2.75, 3.05) is 7.11 Å². The third-order valence-electron chi connectivity index (χ3n) is 4.66. The van der Waals surface area contributed by atoms with E-state index in [1.165, 1.54) is 31.4 Å². The van der Waals surface area contributed by atoms with E-state index in [4.69, 9.17) is 16.3 Å². The van der Waals surface area contributed by atoms with E-state index in [1.807, 2.05) is 13.8 Å². The van der Waals surface area contributed by atoms with Crippen molar-refractivity contribution in [1.29, 1.82) is 0 Å². The Hall–Kier alpha value is -1.13. The van der Waals surface area contributed by atoms with Crippen molar-refractivity contribution in [2.24, 2.45) is 11.3 Å². The number of benzene rings is 1. The monoisotopic (exact) mass is 314 g/mol. The second-order valence-electron chi connectivity index (χ2n) is 5.97. The van der Waals surface area contributed by atoms with Crippen molar-refractivity contribution in [3.63, 3.8) is 0 Å². The SMILES string of the molecule is COC(=O)[C@@](Cl)([C@H](O)c1ccc(F)cc1)C1(C(C)C)CC1. The lowest BCUT2D eigenvalue weighted by Gasteiger charge is -2.39. The summed E-state index contributed by atoms with van der Waals surface area (Å²) in [5.74, 6) is -0.939. The zero-order valence-corrected chi connectivity index (χ0v) is 13.2. The molecule has 2 atom stereocenters. The van der Waals surface area contributed by atoms with Crippen LogP contribution < -0.4 is 0 Å². The molecule has 1 fully saturated rings. The first kappa shape index (κ1) is 16.2. The Morgan fingerprint density at radius 1 is 1.38 bits per heavy atom. The van der Waals surface area contributed by atoms with Gasteiger partial charge < -0.3 is 9.84 Å². The molecule has 1 aliphatic carbocycles. The Balaban J connectivity index is 2.46. The number of carbonyl (C=O) groups is 1. The highest BCUT2D eigenvalue weighted by atomic mass is 35.5. The number of aliphatic hydroxyl groups is 1. The highest BCUT2D eigenvalue weighted by Gasteiger charge is 2.68. The fourth-order valence-corrected chi connectivity index (χ4v) is 3.72. The maximum atomic E-state index is 13.0. The topological polar surface area (TPSA) is 46.5 Å². The van der Waals surface area contributed by atoms with Crippen molar-refractivity contribution < 1.29 is 19.0 Å². The highest BCUT2D eigenvalue weighted by Crippen LogP contribution is 2.65. The number of aliphatic hydroxyl groups excluding tert-OH is 1. The summed E-state index contributed by atoms with van der Waals surface area (Å²) in [6, 6.07) is 5.36. The maximum absolute atomic E-state index is 13.0. The van der Waals surface area contributed by atoms with Crippen LogP contribution >= 0.6 is 11.6 Å². The third kappa shape index (κ3) is 2.44. The Bertz CT molecular complexity index is 525. The molecular formula is C16H20ClFO3. The third-order valence-corrected chi connectivity index (χ3v) is 5.40. The molecule has 0 heterocycles. The van der Waals surface area contributed by atoms with Gasteiger partial charge in [0, 0.05) is 5.41 Å². The number of carbonyl (C=O) groups excluding carboxylic acids is 1. The van der Waals surface area contributed by atoms with Gasteiger partial charge in [0.15, 0.2) is 4.87 Å². The van der Waals surface area contributed by atoms with Crippen molar-refractivity contribution in [2.45, 2.75) is 37.7 Å². The van der Waals surface area contributed by atoms with Crippen molar-refractivity contribution in [1.82, 2.24) is 0 Å². The van der Waals surface area contributed by atoms with Gasteiger partial charge in [-0.25, -0.2) is 4.39 Å². The number of rotatable bonds is 5. The van der Waals surface area contributed by atoms with Gasteiger partial charge in [0.1, 0.15) is 11.9 Å². The minimum atomic E-state index is -1.56. The van der Waals surface area contributed by atoms with E-state index < -0.39 is 28.2 Å². The van der Waals surface area contributed by atoms with E-state index in [2.05, 4.69) is 0 Å². The first-order chi connectivity index (χ1) is 9.79. The zero-order chi connectivity index (χ0) is 15.8. The van der Waals surface area contributed by atoms with Gasteiger partial charge in [-0.05, 0) is 36.5 Å². The number of alkyl halides is 1. The molecule has 0 radical (unpaired) electrons. The van der Waals surface area contributed by atoms with Crippen LogP contribution in [0.1, 0.15) is 38.4 Å². The molecule has 21 heavy (non-hydrogen) atoms. The lowest BCUT2D eigenvalue weighted by Crippen LogP contribution is -2.50. The Morgan fingerprint density at radius 3 is 2.29 bits per heavy atom. The first-order valence-corrected chi connectivity index (χ1v) is 7.38. The quantitative estimate of drug-likeness (QED) is 0.669. The largest absolute Gasteiger partial charge is 0.468 e. The summed E-state index contributed by atoms with van der Waals surface area (Å²) >= 11 is 6.65. The van der Waals surface area contributed by atoms with Gasteiger partial charge in [-0.1, -0.05) is 26.0 Å². The molecule has 1 N–H and O–H groups in total. The summed E-state index contributed by atoms with van der Waals surface area (Å²) in [5.41, 5.74) is -0.0983. The fraction of sp³-hybridized carbons (Fsp3) is 0.562. The van der Waals surface area contributed by atoms with Crippen LogP contribution in [0.15, 0.2) is 24.3 Å². The van der Waals surface area contributed by atoms with Gasteiger partial charge in [0.2, 0.25) is 0 Å². The minimum Gasteiger partial charge on any atom is -0.468 e. The van der Waals surface area contributed by atoms with E-state index in [-0.39, 0.29) is 5.92 Å². The summed E-state index contributed by atoms with van der Waals surface area (Å²) in [5, 5.41) is 10.7. The molecule has 0 aromatic heterocycles. The number of esters is 1. The van der Waals surface area contributed by atoms with E-state index in [0.29, 0.717) is 5.56 Å². The average Bonchev–Trinajstić information content (AvgIpc) is 3.27. The first-order valence-electron chi connectivity index (χ1n) is 7.00. The Labute approximate surface area is 129 Å². The zero-order valence-electron chi connectivity index (χ0n) is 12.4. The molecule has 0 bridgehead atoms. The number of ether oxygens (including phenoxy) is 1. The molecule has 1 aromatic carbocycles. The lowest BCUT2D eigenvalue weighted by molar-refractivity contribution is -0.151. The number of hydrogen-bond donors (Lipinski definition) is 1. The van der Waals surface area contributed by atoms with Crippen LogP contribution in [0, 0.1) is 17.2 Å². The van der Waals surface area contributed by atoms with E-state index in [0.717, 1.165) is 12.8 Å². The molecule has 1 aliphatic rings. The summed E-state index contributed by atoms with van der Waals surface area (Å²) < 4.78 is 17.9. The van der Waals surface area contributed by atoms with Gasteiger partial charge in [-0.15, -0.1) is 11.6 Å². The number of methoxy groups -OCH3 is 1. The molecule has 1 aromatic rings. The van der Waals surface area contributed by atoms with E-state index >= 15 is 0 Å². The summed E-state index contributed by atoms with van der Waals surface area (Å²) in [6.07, 6.45) is 0.250. The molecule has 0 amide bonds. The van der Waals surface area contributed by atoms with Crippen LogP contribution in [0.4, 0.5) is 4.39 Å². The number of halogens is 2. The van der Waals surface area contributed by atoms with Gasteiger partial charge in [-0.3, -0.25) is 4.79 Å². The van der Waals surface area contributed by atoms with Crippen LogP contribution in [-0.4, -0.2) is 23.1 Å². The molecule has 3 nitrogen and oxygen atoms in total. The molecule has 1 saturated carbocycles. The van der Waals surface area contributed by atoms with Crippen LogP contribution in [0.2, 0.25) is 0 Å². The second-order valence-corrected chi connectivity index (χ2v) is 6.56. The molecule has 0 spiro atoms. The minimum absolute atomic E-state index is 0.115. The second kappa shape index (κ2) is 5.58. The maximum Gasteiger partial charge on any atom is 0.330 e. The van der Waals surface area contributed by atoms with Gasteiger partial charge in [0.25, 0.3) is 0 Å². The van der Waals surface area contributed by atoms with Crippen LogP contribution in [0.3, 0.4) is 0 Å². The fourth-order valence-electron chi connectivity index (χ4n) is 3.11. The molecule has 2 rings (SSSR count). The van der Waals surface area contributed by atoms with Crippen LogP contribution in [-0.2, 0) is 9.53 Å². The molecule has 0 aliphatic heterocycles. The van der Waals surface area contributed by atoms with Crippen LogP contribution in [0.5, 0.6) is 0 Å². The predicted molar refractivity (Wildman–Crippen MR) is 78.5 cm³/mol. The highest BCUT2D eigenvalue weighted by molar-refractivity contribution is 6.35. The normalized spacial score (nSPS) is 20.7. The van der Waals surface area contributed by atoms with Crippen molar-refractivity contribution >= 4 is 17.6 Å². The van der Waals surface area contributed by atoms with Crippen molar-refractivity contribution in [3.05, 3.63) is 35.6 Å². The van der Waals surface area contributed by atoms with Crippen LogP contribution in [0.25, 0.3) is 0 Å². The predicted octanol–water partition coefficient (Wildman–Crippen LogP) is 3.45. The summed E-state index contributed by atoms with van der Waals surface area (Å²) in [6.45, 7) is 3.95. The van der Waals surface area contributed by atoms with Gasteiger partial charge >= 0.3 is 5.97 Å². The Morgan fingerprint density at radius 2 is 1.90 bits per heavy atom. The smallest absolute Gasteiger partial charge is 0.330 e. The molecule has 0 saturated heterocycles. The van der Waals surface area contributed by atoms with Gasteiger partial charge in [0.05, 0.1) is 7.11 Å². The van der Waals surface area contributed by atoms with E-state index in [1.54, 1.807) is 0 Å². The summed E-state index contributed by atoms with van der Waals surface area (Å²) in [7, 11) is 1.26. The number of hydrogen-bond acceptors (Lipinski definition) is 3. The lowest BCUT2D eigenvalue weighted by atomic mass is 9.74. The molecular weight excluding hydrogens is 295 g/mol. The average molecular weight is 315 g/mol. The Kier molecular flexibility index (Phi) is 4.31. The molecule has 0 unspecified atom stereocenters. The van der Waals surface area contributed by atoms with Gasteiger partial charge in [-0.2, -0.15) is 0 Å². The summed E-state index contributed by atoms with van der Waals surface area (Å²) in [4.78, 5) is 10.8. The van der Waals surface area contributed by atoms with Crippen molar-refractivity contribution in [3.8, 4) is 0 Å². The molecule has 5 heteroatoms.